The second-order valence-corrected chi connectivity index (χ2v) is 5.20. The lowest BCUT2D eigenvalue weighted by Gasteiger charge is -2.36. The molecule has 0 aromatic rings. The van der Waals surface area contributed by atoms with E-state index in [1.807, 2.05) is 0 Å². The van der Waals surface area contributed by atoms with Crippen LogP contribution in [0.5, 0.6) is 0 Å². The first-order chi connectivity index (χ1) is 7.24. The van der Waals surface area contributed by atoms with E-state index in [0.29, 0.717) is 25.2 Å². The van der Waals surface area contributed by atoms with Crippen molar-refractivity contribution in [3.63, 3.8) is 0 Å². The summed E-state index contributed by atoms with van der Waals surface area (Å²) in [7, 11) is 0. The molecule has 1 spiro atoms. The van der Waals surface area contributed by atoms with Crippen LogP contribution < -0.4 is 0 Å². The Morgan fingerprint density at radius 1 is 1.40 bits per heavy atom. The summed E-state index contributed by atoms with van der Waals surface area (Å²) in [5.74, 6) is 1.28. The predicted molar refractivity (Wildman–Crippen MR) is 59.8 cm³/mol. The van der Waals surface area contributed by atoms with E-state index >= 15 is 0 Å². The van der Waals surface area contributed by atoms with Crippen LogP contribution in [0.2, 0.25) is 0 Å². The average molecular weight is 210 g/mol. The highest BCUT2D eigenvalue weighted by atomic mass is 16.5. The third kappa shape index (κ3) is 2.60. The zero-order valence-corrected chi connectivity index (χ0v) is 9.76. The summed E-state index contributed by atoms with van der Waals surface area (Å²) in [5, 5.41) is 0. The van der Waals surface area contributed by atoms with Crippen molar-refractivity contribution in [2.45, 2.75) is 63.9 Å². The molecular formula is C13H22O2. The monoisotopic (exact) mass is 210 g/mol. The zero-order chi connectivity index (χ0) is 10.7. The van der Waals surface area contributed by atoms with Gasteiger partial charge in [0.1, 0.15) is 5.78 Å². The Balaban J connectivity index is 1.99. The van der Waals surface area contributed by atoms with Gasteiger partial charge < -0.3 is 4.74 Å². The van der Waals surface area contributed by atoms with Gasteiger partial charge in [-0.3, -0.25) is 4.79 Å². The van der Waals surface area contributed by atoms with Gasteiger partial charge in [0.25, 0.3) is 0 Å². The highest BCUT2D eigenvalue weighted by Gasteiger charge is 2.38. The van der Waals surface area contributed by atoms with Crippen LogP contribution >= 0.6 is 0 Å². The lowest BCUT2D eigenvalue weighted by Crippen LogP contribution is -2.39. The summed E-state index contributed by atoms with van der Waals surface area (Å²) in [6.45, 7) is 2.94. The highest BCUT2D eigenvalue weighted by Crippen LogP contribution is 2.38. The van der Waals surface area contributed by atoms with E-state index in [9.17, 15) is 4.79 Å². The zero-order valence-electron chi connectivity index (χ0n) is 9.76. The summed E-state index contributed by atoms with van der Waals surface area (Å²) in [6.07, 6.45) is 8.64. The van der Waals surface area contributed by atoms with Crippen molar-refractivity contribution in [2.75, 3.05) is 6.61 Å². The molecule has 0 aromatic heterocycles. The number of ketones is 1. The summed E-state index contributed by atoms with van der Waals surface area (Å²) in [5.41, 5.74) is -0.0563. The van der Waals surface area contributed by atoms with E-state index in [-0.39, 0.29) is 5.60 Å². The van der Waals surface area contributed by atoms with Crippen molar-refractivity contribution in [2.24, 2.45) is 5.92 Å². The largest absolute Gasteiger partial charge is 0.374 e. The minimum absolute atomic E-state index is 0.0563. The molecule has 86 valence electrons. The van der Waals surface area contributed by atoms with E-state index in [0.717, 1.165) is 18.8 Å². The van der Waals surface area contributed by atoms with E-state index in [2.05, 4.69) is 6.92 Å². The second kappa shape index (κ2) is 4.65. The minimum Gasteiger partial charge on any atom is -0.374 e. The standard InChI is InChI=1S/C13H22O2/c1-2-11-4-3-7-13(8-5-11)10-12(14)6-9-15-13/h11H,2-10H2,1H3. The van der Waals surface area contributed by atoms with E-state index < -0.39 is 0 Å². The molecule has 2 atom stereocenters. The van der Waals surface area contributed by atoms with Crippen molar-refractivity contribution in [3.8, 4) is 0 Å². The number of carbonyl (C=O) groups is 1. The Morgan fingerprint density at radius 3 is 3.00 bits per heavy atom. The van der Waals surface area contributed by atoms with E-state index in [1.165, 1.54) is 25.7 Å². The van der Waals surface area contributed by atoms with Gasteiger partial charge in [0.15, 0.2) is 0 Å². The molecule has 2 rings (SSSR count). The normalized spacial score (nSPS) is 37.9. The predicted octanol–water partition coefficient (Wildman–Crippen LogP) is 3.10. The van der Waals surface area contributed by atoms with Crippen molar-refractivity contribution >= 4 is 5.78 Å². The van der Waals surface area contributed by atoms with Crippen molar-refractivity contribution < 1.29 is 9.53 Å². The van der Waals surface area contributed by atoms with Crippen molar-refractivity contribution in [3.05, 3.63) is 0 Å². The number of hydrogen-bond acceptors (Lipinski definition) is 2. The quantitative estimate of drug-likeness (QED) is 0.664. The van der Waals surface area contributed by atoms with Crippen LogP contribution in [0.25, 0.3) is 0 Å². The number of hydrogen-bond donors (Lipinski definition) is 0. The lowest BCUT2D eigenvalue weighted by atomic mass is 9.85. The lowest BCUT2D eigenvalue weighted by molar-refractivity contribution is -0.142. The van der Waals surface area contributed by atoms with Gasteiger partial charge in [0, 0.05) is 12.8 Å². The van der Waals surface area contributed by atoms with Crippen molar-refractivity contribution in [1.29, 1.82) is 0 Å². The van der Waals surface area contributed by atoms with Gasteiger partial charge in [0.05, 0.1) is 12.2 Å². The van der Waals surface area contributed by atoms with E-state index in [1.54, 1.807) is 0 Å². The fourth-order valence-electron chi connectivity index (χ4n) is 3.06. The first-order valence-electron chi connectivity index (χ1n) is 6.40. The van der Waals surface area contributed by atoms with Gasteiger partial charge in [-0.05, 0) is 25.2 Å². The number of carbonyl (C=O) groups excluding carboxylic acids is 1. The highest BCUT2D eigenvalue weighted by molar-refractivity contribution is 5.80. The smallest absolute Gasteiger partial charge is 0.138 e. The van der Waals surface area contributed by atoms with Crippen LogP contribution in [0.15, 0.2) is 0 Å². The fourth-order valence-corrected chi connectivity index (χ4v) is 3.06. The molecule has 1 heterocycles. The maximum absolute atomic E-state index is 11.5. The molecule has 0 radical (unpaired) electrons. The SMILES string of the molecule is CCC1CCCC2(CC1)CC(=O)CCO2. The summed E-state index contributed by atoms with van der Waals surface area (Å²) in [6, 6.07) is 0. The molecule has 2 nitrogen and oxygen atoms in total. The molecule has 0 bridgehead atoms. The molecule has 1 saturated heterocycles. The van der Waals surface area contributed by atoms with Crippen LogP contribution in [0.3, 0.4) is 0 Å². The molecule has 1 aliphatic heterocycles. The summed E-state index contributed by atoms with van der Waals surface area (Å²) < 4.78 is 5.93. The first-order valence-corrected chi connectivity index (χ1v) is 6.40. The van der Waals surface area contributed by atoms with Crippen LogP contribution in [0.1, 0.15) is 58.3 Å². The van der Waals surface area contributed by atoms with Gasteiger partial charge in [-0.1, -0.05) is 26.2 Å². The summed E-state index contributed by atoms with van der Waals surface area (Å²) in [4.78, 5) is 11.5. The van der Waals surface area contributed by atoms with Crippen LogP contribution in [-0.2, 0) is 9.53 Å². The van der Waals surface area contributed by atoms with Crippen LogP contribution in [-0.4, -0.2) is 18.0 Å². The van der Waals surface area contributed by atoms with Gasteiger partial charge in [-0.15, -0.1) is 0 Å². The maximum atomic E-state index is 11.5. The molecule has 1 aliphatic carbocycles. The Morgan fingerprint density at radius 2 is 2.27 bits per heavy atom. The molecule has 15 heavy (non-hydrogen) atoms. The van der Waals surface area contributed by atoms with Gasteiger partial charge in [-0.25, -0.2) is 0 Å². The fraction of sp³-hybridized carbons (Fsp3) is 0.923. The third-order valence-corrected chi connectivity index (χ3v) is 4.14. The Hall–Kier alpha value is -0.370. The van der Waals surface area contributed by atoms with Crippen LogP contribution in [0, 0.1) is 5.92 Å². The third-order valence-electron chi connectivity index (χ3n) is 4.14. The Kier molecular flexibility index (Phi) is 3.45. The number of rotatable bonds is 1. The van der Waals surface area contributed by atoms with Gasteiger partial charge >= 0.3 is 0 Å². The van der Waals surface area contributed by atoms with Gasteiger partial charge in [0.2, 0.25) is 0 Å². The Bertz CT molecular complexity index is 237. The number of Topliss-reactive ketones (excluding diaryl/α,β-unsaturated/α-hetero) is 1. The molecule has 1 saturated carbocycles. The maximum Gasteiger partial charge on any atom is 0.138 e. The summed E-state index contributed by atoms with van der Waals surface area (Å²) >= 11 is 0. The second-order valence-electron chi connectivity index (χ2n) is 5.20. The molecule has 0 aromatic carbocycles. The van der Waals surface area contributed by atoms with E-state index in [4.69, 9.17) is 4.74 Å². The topological polar surface area (TPSA) is 26.3 Å². The Labute approximate surface area is 92.4 Å². The molecule has 0 N–H and O–H groups in total. The first kappa shape index (κ1) is 11.1. The molecule has 2 aliphatic rings. The molecular weight excluding hydrogens is 188 g/mol. The molecule has 0 amide bonds. The average Bonchev–Trinajstić information content (AvgIpc) is 2.41. The number of ether oxygens (including phenoxy) is 1. The molecule has 2 unspecified atom stereocenters. The van der Waals surface area contributed by atoms with Crippen molar-refractivity contribution in [1.82, 2.24) is 0 Å². The molecule has 2 fully saturated rings. The minimum atomic E-state index is -0.0563. The van der Waals surface area contributed by atoms with Gasteiger partial charge in [-0.2, -0.15) is 0 Å². The van der Waals surface area contributed by atoms with Crippen LogP contribution in [0.4, 0.5) is 0 Å². The molecule has 2 heteroatoms.